The molecule has 0 aromatic carbocycles. The molecule has 0 atom stereocenters. The summed E-state index contributed by atoms with van der Waals surface area (Å²) < 4.78 is 7.14. The molecule has 2 aromatic heterocycles. The molecule has 9 heteroatoms. The second-order valence-corrected chi connectivity index (χ2v) is 7.47. The van der Waals surface area contributed by atoms with E-state index in [4.69, 9.17) is 4.74 Å². The Morgan fingerprint density at radius 1 is 1.47 bits per heavy atom. The first kappa shape index (κ1) is 21.4. The van der Waals surface area contributed by atoms with E-state index in [9.17, 15) is 14.7 Å². The quantitative estimate of drug-likeness (QED) is 0.311. The van der Waals surface area contributed by atoms with Crippen molar-refractivity contribution in [3.8, 4) is 5.75 Å². The van der Waals surface area contributed by atoms with E-state index in [1.54, 1.807) is 38.3 Å². The van der Waals surface area contributed by atoms with Gasteiger partial charge in [-0.3, -0.25) is 19.1 Å². The maximum absolute atomic E-state index is 12.7. The Morgan fingerprint density at radius 3 is 2.90 bits per heavy atom. The molecular formula is C21H27N5O4. The van der Waals surface area contributed by atoms with Gasteiger partial charge in [0.15, 0.2) is 11.6 Å². The van der Waals surface area contributed by atoms with Crippen LogP contribution in [-0.2, 0) is 4.79 Å². The molecule has 1 aliphatic heterocycles. The van der Waals surface area contributed by atoms with Crippen LogP contribution in [0.3, 0.4) is 0 Å². The summed E-state index contributed by atoms with van der Waals surface area (Å²) in [7, 11) is 1.53. The van der Waals surface area contributed by atoms with E-state index in [0.717, 1.165) is 5.69 Å². The second kappa shape index (κ2) is 8.58. The molecule has 2 aromatic rings. The molecular weight excluding hydrogens is 386 g/mol. The van der Waals surface area contributed by atoms with E-state index >= 15 is 0 Å². The Balaban J connectivity index is 1.97. The van der Waals surface area contributed by atoms with Gasteiger partial charge in [0, 0.05) is 37.6 Å². The maximum Gasteiger partial charge on any atom is 0.272 e. The first-order valence-corrected chi connectivity index (χ1v) is 9.69. The number of aliphatic hydroxyl groups is 1. The van der Waals surface area contributed by atoms with Crippen LogP contribution in [-0.4, -0.2) is 64.3 Å². The normalized spacial score (nSPS) is 14.1. The zero-order chi connectivity index (χ0) is 21.9. The number of carbonyl (C=O) groups excluding carboxylic acids is 2. The summed E-state index contributed by atoms with van der Waals surface area (Å²) in [5.41, 5.74) is 0.354. The number of hydrogen-bond acceptors (Lipinski definition) is 6. The van der Waals surface area contributed by atoms with Gasteiger partial charge in [0.05, 0.1) is 6.54 Å². The van der Waals surface area contributed by atoms with Crippen molar-refractivity contribution >= 4 is 23.8 Å². The van der Waals surface area contributed by atoms with Crippen LogP contribution in [0.2, 0.25) is 0 Å². The third-order valence-corrected chi connectivity index (χ3v) is 4.94. The number of aromatic nitrogens is 2. The van der Waals surface area contributed by atoms with E-state index in [1.807, 2.05) is 11.0 Å². The monoisotopic (exact) mass is 413 g/mol. The van der Waals surface area contributed by atoms with Crippen LogP contribution in [0, 0.1) is 0 Å². The summed E-state index contributed by atoms with van der Waals surface area (Å²) in [4.78, 5) is 34.9. The Labute approximate surface area is 174 Å². The van der Waals surface area contributed by atoms with Crippen LogP contribution in [0.4, 0.5) is 11.5 Å². The molecule has 0 aliphatic carbocycles. The highest BCUT2D eigenvalue weighted by molar-refractivity contribution is 5.94. The van der Waals surface area contributed by atoms with E-state index in [1.165, 1.54) is 16.5 Å². The third-order valence-electron chi connectivity index (χ3n) is 4.94. The van der Waals surface area contributed by atoms with Gasteiger partial charge in [-0.2, -0.15) is 0 Å². The van der Waals surface area contributed by atoms with Crippen LogP contribution in [0.5, 0.6) is 5.75 Å². The summed E-state index contributed by atoms with van der Waals surface area (Å²) in [6, 6.07) is 5.26. The summed E-state index contributed by atoms with van der Waals surface area (Å²) in [5, 5.41) is 10.1. The lowest BCUT2D eigenvalue weighted by Crippen LogP contribution is -2.44. The highest BCUT2D eigenvalue weighted by Crippen LogP contribution is 2.36. The molecule has 0 spiro atoms. The Kier molecular flexibility index (Phi) is 6.12. The summed E-state index contributed by atoms with van der Waals surface area (Å²) in [6.07, 6.45) is 4.84. The highest BCUT2D eigenvalue weighted by Gasteiger charge is 2.30. The minimum absolute atomic E-state index is 0.311. The number of hydrogen-bond donors (Lipinski definition) is 2. The predicted octanol–water partition coefficient (Wildman–Crippen LogP) is 1.66. The van der Waals surface area contributed by atoms with Crippen molar-refractivity contribution in [2.24, 2.45) is 4.99 Å². The van der Waals surface area contributed by atoms with Crippen LogP contribution in [0.25, 0.3) is 0 Å². The average molecular weight is 413 g/mol. The smallest absolute Gasteiger partial charge is 0.272 e. The number of amides is 1. The molecule has 1 amide bonds. The number of pyridine rings is 1. The zero-order valence-corrected chi connectivity index (χ0v) is 17.5. The molecule has 0 bridgehead atoms. The molecule has 3 heterocycles. The molecule has 160 valence electrons. The lowest BCUT2D eigenvalue weighted by atomic mass is 10.2. The van der Waals surface area contributed by atoms with Gasteiger partial charge in [-0.25, -0.2) is 0 Å². The van der Waals surface area contributed by atoms with Gasteiger partial charge in [-0.1, -0.05) is 6.08 Å². The summed E-state index contributed by atoms with van der Waals surface area (Å²) >= 11 is 0. The van der Waals surface area contributed by atoms with E-state index in [-0.39, 0.29) is 5.91 Å². The van der Waals surface area contributed by atoms with Crippen molar-refractivity contribution in [3.05, 3.63) is 48.2 Å². The Hall–Kier alpha value is -3.33. The van der Waals surface area contributed by atoms with E-state index in [0.29, 0.717) is 55.3 Å². The number of nitrogens with one attached hydrogen (secondary N) is 1. The minimum atomic E-state index is -1.30. The van der Waals surface area contributed by atoms with Crippen LogP contribution < -0.4 is 15.1 Å². The lowest BCUT2D eigenvalue weighted by molar-refractivity contribution is -0.0459. The third kappa shape index (κ3) is 4.30. The van der Waals surface area contributed by atoms with Gasteiger partial charge in [-0.05, 0) is 26.3 Å². The highest BCUT2D eigenvalue weighted by atomic mass is 16.5. The Morgan fingerprint density at radius 2 is 2.23 bits per heavy atom. The SMILES string of the molecule is C=CCCN=c1cc(N2CCOc3cc(C(=O)N(C)C(C)(C)O)[nH]c32)ccn1C=O. The van der Waals surface area contributed by atoms with Gasteiger partial charge in [-0.15, -0.1) is 6.58 Å². The van der Waals surface area contributed by atoms with E-state index < -0.39 is 5.72 Å². The number of nitrogens with zero attached hydrogens (tertiary/aromatic N) is 4. The average Bonchev–Trinajstić information content (AvgIpc) is 3.16. The predicted molar refractivity (Wildman–Crippen MR) is 114 cm³/mol. The van der Waals surface area contributed by atoms with Gasteiger partial charge >= 0.3 is 0 Å². The first-order chi connectivity index (χ1) is 14.3. The molecule has 30 heavy (non-hydrogen) atoms. The first-order valence-electron chi connectivity index (χ1n) is 9.69. The van der Waals surface area contributed by atoms with Gasteiger partial charge < -0.3 is 24.6 Å². The summed E-state index contributed by atoms with van der Waals surface area (Å²) in [5.74, 6) is 0.827. The fourth-order valence-corrected chi connectivity index (χ4v) is 3.04. The van der Waals surface area contributed by atoms with Crippen LogP contribution in [0.15, 0.2) is 42.0 Å². The van der Waals surface area contributed by atoms with Crippen LogP contribution in [0.1, 0.15) is 30.8 Å². The van der Waals surface area contributed by atoms with Crippen molar-refractivity contribution in [2.75, 3.05) is 31.6 Å². The number of H-pyrrole nitrogens is 1. The second-order valence-electron chi connectivity index (χ2n) is 7.47. The van der Waals surface area contributed by atoms with Gasteiger partial charge in [0.2, 0.25) is 6.41 Å². The minimum Gasteiger partial charge on any atom is -0.488 e. The van der Waals surface area contributed by atoms with Crippen molar-refractivity contribution < 1.29 is 19.4 Å². The fourth-order valence-electron chi connectivity index (χ4n) is 3.04. The largest absolute Gasteiger partial charge is 0.488 e. The topological polar surface area (TPSA) is 103 Å². The Bertz CT molecular complexity index is 1020. The summed E-state index contributed by atoms with van der Waals surface area (Å²) in [6.45, 7) is 8.29. The fraction of sp³-hybridized carbons (Fsp3) is 0.381. The molecule has 0 saturated carbocycles. The van der Waals surface area contributed by atoms with Crippen molar-refractivity contribution in [3.63, 3.8) is 0 Å². The van der Waals surface area contributed by atoms with Gasteiger partial charge in [0.25, 0.3) is 5.91 Å². The lowest BCUT2D eigenvalue weighted by Gasteiger charge is -2.30. The maximum atomic E-state index is 12.7. The zero-order valence-electron chi connectivity index (χ0n) is 17.5. The van der Waals surface area contributed by atoms with E-state index in [2.05, 4.69) is 16.6 Å². The van der Waals surface area contributed by atoms with Crippen LogP contribution >= 0.6 is 0 Å². The standard InChI is InChI=1S/C21H27N5O4/c1-5-6-8-22-18-12-15(7-9-25(18)14-27)26-10-11-30-17-13-16(23-19(17)26)20(28)24(4)21(2,3)29/h5,7,9,12-14,23,29H,1,6,8,10-11H2,2-4H3. The van der Waals surface area contributed by atoms with Crippen molar-refractivity contribution in [2.45, 2.75) is 26.0 Å². The molecule has 0 fully saturated rings. The number of anilines is 2. The van der Waals surface area contributed by atoms with Crippen molar-refractivity contribution in [1.29, 1.82) is 0 Å². The van der Waals surface area contributed by atoms with Crippen molar-refractivity contribution in [1.82, 2.24) is 14.5 Å². The molecule has 0 unspecified atom stereocenters. The molecule has 1 aliphatic rings. The molecule has 9 nitrogen and oxygen atoms in total. The number of ether oxygens (including phenoxy) is 1. The molecule has 0 saturated heterocycles. The number of rotatable bonds is 7. The molecule has 2 N–H and O–H groups in total. The number of fused-ring (bicyclic) bond motifs is 1. The molecule has 0 radical (unpaired) electrons. The number of aromatic amines is 1. The number of carbonyl (C=O) groups is 2. The van der Waals surface area contributed by atoms with Gasteiger partial charge in [0.1, 0.15) is 23.5 Å². The molecule has 3 rings (SSSR count).